The van der Waals surface area contributed by atoms with Crippen LogP contribution < -0.4 is 25.0 Å². The van der Waals surface area contributed by atoms with Gasteiger partial charge in [0.1, 0.15) is 5.82 Å². The van der Waals surface area contributed by atoms with E-state index in [4.69, 9.17) is 9.47 Å². The molecule has 1 aliphatic heterocycles. The van der Waals surface area contributed by atoms with Crippen molar-refractivity contribution in [3.05, 3.63) is 47.7 Å². The first-order valence-electron chi connectivity index (χ1n) is 10.6. The number of nitrogens with zero attached hydrogens (tertiary/aromatic N) is 3. The number of guanidine groups is 1. The van der Waals surface area contributed by atoms with Gasteiger partial charge in [0.2, 0.25) is 0 Å². The van der Waals surface area contributed by atoms with Crippen LogP contribution in [0.1, 0.15) is 36.8 Å². The van der Waals surface area contributed by atoms with Crippen LogP contribution in [0.15, 0.2) is 41.5 Å². The highest BCUT2D eigenvalue weighted by molar-refractivity contribution is 14.0. The molecule has 0 spiro atoms. The molecule has 7 nitrogen and oxygen atoms in total. The Morgan fingerprint density at radius 1 is 0.935 bits per heavy atom. The van der Waals surface area contributed by atoms with E-state index in [0.717, 1.165) is 41.9 Å². The Balaban J connectivity index is 0.00000341. The summed E-state index contributed by atoms with van der Waals surface area (Å²) in [5.74, 6) is 3.27. The zero-order chi connectivity index (χ0) is 21.2. The number of aliphatic imine (C=N–C) groups is 1. The van der Waals surface area contributed by atoms with E-state index >= 15 is 0 Å². The molecule has 1 aromatic heterocycles. The second kappa shape index (κ2) is 13.2. The Morgan fingerprint density at radius 3 is 2.19 bits per heavy atom. The topological polar surface area (TPSA) is 71.0 Å². The fourth-order valence-corrected chi connectivity index (χ4v) is 3.63. The average Bonchev–Trinajstić information content (AvgIpc) is 3.09. The summed E-state index contributed by atoms with van der Waals surface area (Å²) in [6, 6.07) is 10.1. The summed E-state index contributed by atoms with van der Waals surface area (Å²) in [7, 11) is 5.06. The normalized spacial score (nSPS) is 14.3. The highest BCUT2D eigenvalue weighted by Crippen LogP contribution is 2.27. The Hall–Kier alpha value is -2.23. The Kier molecular flexibility index (Phi) is 10.7. The SMILES string of the molecule is CN=C(NCc1ccnc(N2CCCCCC2)c1)NCc1ccc(OC)c(OC)c1.I. The van der Waals surface area contributed by atoms with Crippen molar-refractivity contribution in [3.8, 4) is 11.5 Å². The maximum atomic E-state index is 5.38. The van der Waals surface area contributed by atoms with Crippen LogP contribution in [0.5, 0.6) is 11.5 Å². The summed E-state index contributed by atoms with van der Waals surface area (Å²) in [4.78, 5) is 11.3. The monoisotopic (exact) mass is 539 g/mol. The van der Waals surface area contributed by atoms with E-state index in [1.54, 1.807) is 21.3 Å². The maximum Gasteiger partial charge on any atom is 0.191 e. The largest absolute Gasteiger partial charge is 0.493 e. The minimum Gasteiger partial charge on any atom is -0.493 e. The first kappa shape index (κ1) is 25.0. The number of rotatable bonds is 7. The number of hydrogen-bond donors (Lipinski definition) is 2. The molecule has 0 unspecified atom stereocenters. The fraction of sp³-hybridized carbons (Fsp3) is 0.478. The molecule has 31 heavy (non-hydrogen) atoms. The van der Waals surface area contributed by atoms with E-state index in [2.05, 4.69) is 37.6 Å². The van der Waals surface area contributed by atoms with Crippen LogP contribution >= 0.6 is 24.0 Å². The van der Waals surface area contributed by atoms with Crippen molar-refractivity contribution in [1.82, 2.24) is 15.6 Å². The lowest BCUT2D eigenvalue weighted by Gasteiger charge is -2.22. The van der Waals surface area contributed by atoms with Crippen molar-refractivity contribution in [2.45, 2.75) is 38.8 Å². The van der Waals surface area contributed by atoms with Crippen LogP contribution in [0.3, 0.4) is 0 Å². The summed E-state index contributed by atoms with van der Waals surface area (Å²) >= 11 is 0. The highest BCUT2D eigenvalue weighted by atomic mass is 127. The minimum absolute atomic E-state index is 0. The molecule has 8 heteroatoms. The van der Waals surface area contributed by atoms with Gasteiger partial charge < -0.3 is 25.0 Å². The summed E-state index contributed by atoms with van der Waals surface area (Å²) < 4.78 is 10.7. The molecule has 2 aromatic rings. The molecule has 3 rings (SSSR count). The molecule has 1 aliphatic rings. The van der Waals surface area contributed by atoms with Crippen molar-refractivity contribution in [1.29, 1.82) is 0 Å². The van der Waals surface area contributed by atoms with E-state index in [1.165, 1.54) is 31.2 Å². The molecule has 0 amide bonds. The Morgan fingerprint density at radius 2 is 1.58 bits per heavy atom. The van der Waals surface area contributed by atoms with Gasteiger partial charge in [0, 0.05) is 39.4 Å². The van der Waals surface area contributed by atoms with Gasteiger partial charge in [-0.3, -0.25) is 4.99 Å². The second-order valence-corrected chi connectivity index (χ2v) is 7.39. The molecule has 2 N–H and O–H groups in total. The zero-order valence-corrected chi connectivity index (χ0v) is 21.0. The second-order valence-electron chi connectivity index (χ2n) is 7.39. The lowest BCUT2D eigenvalue weighted by molar-refractivity contribution is 0.354. The lowest BCUT2D eigenvalue weighted by Crippen LogP contribution is -2.36. The third kappa shape index (κ3) is 7.45. The molecule has 0 saturated carbocycles. The fourth-order valence-electron chi connectivity index (χ4n) is 3.63. The number of nitrogens with one attached hydrogen (secondary N) is 2. The number of anilines is 1. The number of ether oxygens (including phenoxy) is 2. The number of methoxy groups -OCH3 is 2. The van der Waals surface area contributed by atoms with Crippen LogP contribution in [-0.2, 0) is 13.1 Å². The Labute approximate surface area is 202 Å². The predicted octanol–water partition coefficient (Wildman–Crippen LogP) is 3.96. The van der Waals surface area contributed by atoms with Crippen LogP contribution in [0.2, 0.25) is 0 Å². The number of aromatic nitrogens is 1. The zero-order valence-electron chi connectivity index (χ0n) is 18.7. The van der Waals surface area contributed by atoms with Crippen LogP contribution in [0.4, 0.5) is 5.82 Å². The molecule has 0 radical (unpaired) electrons. The van der Waals surface area contributed by atoms with Gasteiger partial charge in [-0.15, -0.1) is 24.0 Å². The summed E-state index contributed by atoms with van der Waals surface area (Å²) in [5, 5.41) is 6.73. The first-order valence-corrected chi connectivity index (χ1v) is 10.6. The van der Waals surface area contributed by atoms with Crippen LogP contribution in [-0.4, -0.2) is 45.3 Å². The Bertz CT molecular complexity index is 838. The minimum atomic E-state index is 0. The van der Waals surface area contributed by atoms with Gasteiger partial charge in [-0.05, 0) is 48.2 Å². The van der Waals surface area contributed by atoms with Crippen molar-refractivity contribution in [2.24, 2.45) is 4.99 Å². The van der Waals surface area contributed by atoms with Gasteiger partial charge in [-0.2, -0.15) is 0 Å². The molecule has 2 heterocycles. The summed E-state index contributed by atoms with van der Waals surface area (Å²) in [6.45, 7) is 3.52. The molecule has 0 bridgehead atoms. The maximum absolute atomic E-state index is 5.38. The van der Waals surface area contributed by atoms with E-state index in [-0.39, 0.29) is 24.0 Å². The smallest absolute Gasteiger partial charge is 0.191 e. The number of hydrogen-bond acceptors (Lipinski definition) is 5. The van der Waals surface area contributed by atoms with Gasteiger partial charge in [0.05, 0.1) is 14.2 Å². The van der Waals surface area contributed by atoms with Crippen LogP contribution in [0.25, 0.3) is 0 Å². The molecular formula is C23H34IN5O2. The number of pyridine rings is 1. The van der Waals surface area contributed by atoms with Crippen LogP contribution in [0, 0.1) is 0 Å². The average molecular weight is 539 g/mol. The van der Waals surface area contributed by atoms with Gasteiger partial charge in [-0.25, -0.2) is 4.98 Å². The van der Waals surface area contributed by atoms with Gasteiger partial charge in [0.15, 0.2) is 17.5 Å². The number of benzene rings is 1. The standard InChI is InChI=1S/C23H33N5O2.HI/c1-24-23(26-16-18-8-9-20(29-2)21(14-18)30-3)27-17-19-10-11-25-22(15-19)28-12-6-4-5-7-13-28;/h8-11,14-15H,4-7,12-13,16-17H2,1-3H3,(H2,24,26,27);1H. The van der Waals surface area contributed by atoms with E-state index in [9.17, 15) is 0 Å². The highest BCUT2D eigenvalue weighted by Gasteiger charge is 2.11. The molecule has 170 valence electrons. The summed E-state index contributed by atoms with van der Waals surface area (Å²) in [5.41, 5.74) is 2.28. The van der Waals surface area contributed by atoms with Gasteiger partial charge in [0.25, 0.3) is 0 Å². The van der Waals surface area contributed by atoms with Gasteiger partial charge >= 0.3 is 0 Å². The van der Waals surface area contributed by atoms with Crippen molar-refractivity contribution in [2.75, 3.05) is 39.3 Å². The van der Waals surface area contributed by atoms with Crippen molar-refractivity contribution < 1.29 is 9.47 Å². The third-order valence-corrected chi connectivity index (χ3v) is 5.33. The quantitative estimate of drug-likeness (QED) is 0.316. The van der Waals surface area contributed by atoms with E-state index in [0.29, 0.717) is 13.1 Å². The first-order chi connectivity index (χ1) is 14.7. The molecule has 1 aromatic carbocycles. The molecule has 1 fully saturated rings. The molecular weight excluding hydrogens is 505 g/mol. The van der Waals surface area contributed by atoms with Crippen molar-refractivity contribution >= 4 is 35.8 Å². The molecule has 1 saturated heterocycles. The third-order valence-electron chi connectivity index (χ3n) is 5.33. The van der Waals surface area contributed by atoms with Crippen molar-refractivity contribution in [3.63, 3.8) is 0 Å². The summed E-state index contributed by atoms with van der Waals surface area (Å²) in [6.07, 6.45) is 7.03. The molecule has 0 aliphatic carbocycles. The predicted molar refractivity (Wildman–Crippen MR) is 137 cm³/mol. The number of halogens is 1. The molecule has 0 atom stereocenters. The lowest BCUT2D eigenvalue weighted by atomic mass is 10.2. The van der Waals surface area contributed by atoms with E-state index < -0.39 is 0 Å². The van der Waals surface area contributed by atoms with Gasteiger partial charge in [-0.1, -0.05) is 18.9 Å². The van der Waals surface area contributed by atoms with E-state index in [1.807, 2.05) is 24.4 Å².